The summed E-state index contributed by atoms with van der Waals surface area (Å²) >= 11 is 5.91. The smallest absolute Gasteiger partial charge is 0.142 e. The van der Waals surface area contributed by atoms with Gasteiger partial charge in [0.1, 0.15) is 5.82 Å². The van der Waals surface area contributed by atoms with E-state index < -0.39 is 5.82 Å². The van der Waals surface area contributed by atoms with Gasteiger partial charge in [0.15, 0.2) is 0 Å². The van der Waals surface area contributed by atoms with E-state index in [2.05, 4.69) is 0 Å². The molecule has 4 heteroatoms. The van der Waals surface area contributed by atoms with Crippen LogP contribution in [0.5, 0.6) is 0 Å². The summed E-state index contributed by atoms with van der Waals surface area (Å²) in [7, 11) is 1.68. The molecule has 1 aliphatic rings. The maximum atomic E-state index is 13.3. The Hall–Kier alpha value is -0.640. The van der Waals surface area contributed by atoms with Gasteiger partial charge in [0.05, 0.1) is 11.1 Å². The average molecular weight is 258 g/mol. The van der Waals surface area contributed by atoms with E-state index in [1.807, 2.05) is 6.07 Å². The van der Waals surface area contributed by atoms with Gasteiger partial charge < -0.3 is 10.5 Å². The first-order valence-corrected chi connectivity index (χ1v) is 6.22. The third kappa shape index (κ3) is 2.97. The summed E-state index contributed by atoms with van der Waals surface area (Å²) < 4.78 is 18.7. The van der Waals surface area contributed by atoms with Crippen molar-refractivity contribution in [1.29, 1.82) is 0 Å². The minimum Gasteiger partial charge on any atom is -0.380 e. The largest absolute Gasteiger partial charge is 0.380 e. The second-order valence-electron chi connectivity index (χ2n) is 4.62. The lowest BCUT2D eigenvalue weighted by Gasteiger charge is -2.22. The Bertz CT molecular complexity index is 395. The Morgan fingerprint density at radius 3 is 2.82 bits per heavy atom. The Morgan fingerprint density at radius 2 is 2.24 bits per heavy atom. The number of benzene rings is 1. The fourth-order valence-electron chi connectivity index (χ4n) is 2.22. The Kier molecular flexibility index (Phi) is 4.02. The maximum absolute atomic E-state index is 13.3. The monoisotopic (exact) mass is 257 g/mol. The van der Waals surface area contributed by atoms with Crippen LogP contribution in [0, 0.1) is 11.7 Å². The van der Waals surface area contributed by atoms with Crippen molar-refractivity contribution in [3.05, 3.63) is 34.6 Å². The number of halogens is 2. The van der Waals surface area contributed by atoms with E-state index >= 15 is 0 Å². The van der Waals surface area contributed by atoms with E-state index in [4.69, 9.17) is 22.1 Å². The minimum absolute atomic E-state index is 0.0503. The third-order valence-electron chi connectivity index (χ3n) is 3.27. The zero-order valence-electron chi connectivity index (χ0n) is 9.83. The molecule has 1 fully saturated rings. The second-order valence-corrected chi connectivity index (χ2v) is 5.00. The van der Waals surface area contributed by atoms with Gasteiger partial charge >= 0.3 is 0 Å². The van der Waals surface area contributed by atoms with Gasteiger partial charge in [-0.2, -0.15) is 0 Å². The lowest BCUT2D eigenvalue weighted by Crippen LogP contribution is -2.39. The van der Waals surface area contributed by atoms with Gasteiger partial charge in [0.25, 0.3) is 0 Å². The summed E-state index contributed by atoms with van der Waals surface area (Å²) in [5, 5.41) is 0.175. The van der Waals surface area contributed by atoms with Crippen molar-refractivity contribution in [2.75, 3.05) is 7.11 Å². The molecule has 17 heavy (non-hydrogen) atoms. The molecular formula is C13H17ClFNO. The predicted molar refractivity (Wildman–Crippen MR) is 66.6 cm³/mol. The van der Waals surface area contributed by atoms with Crippen molar-refractivity contribution in [3.63, 3.8) is 0 Å². The molecule has 1 saturated carbocycles. The van der Waals surface area contributed by atoms with E-state index in [0.29, 0.717) is 12.3 Å². The number of ether oxygens (including phenoxy) is 1. The third-order valence-corrected chi connectivity index (χ3v) is 3.69. The highest BCUT2D eigenvalue weighted by Gasteiger charge is 2.35. The van der Waals surface area contributed by atoms with Crippen molar-refractivity contribution >= 4 is 11.6 Å². The molecule has 2 unspecified atom stereocenters. The summed E-state index contributed by atoms with van der Waals surface area (Å²) in [6.45, 7) is 0. The van der Waals surface area contributed by atoms with Crippen molar-refractivity contribution < 1.29 is 9.13 Å². The first kappa shape index (κ1) is 12.8. The van der Waals surface area contributed by atoms with Gasteiger partial charge in [-0.05, 0) is 36.8 Å². The van der Waals surface area contributed by atoms with Crippen LogP contribution in [0.3, 0.4) is 0 Å². The SMILES string of the molecule is COC(C(N)Cc1cccc(F)c1Cl)C1CC1. The van der Waals surface area contributed by atoms with Crippen molar-refractivity contribution in [2.45, 2.75) is 31.4 Å². The average Bonchev–Trinajstić information content (AvgIpc) is 3.10. The van der Waals surface area contributed by atoms with Crippen LogP contribution in [0.4, 0.5) is 4.39 Å². The highest BCUT2D eigenvalue weighted by Crippen LogP contribution is 2.36. The van der Waals surface area contributed by atoms with Crippen LogP contribution in [0.1, 0.15) is 18.4 Å². The lowest BCUT2D eigenvalue weighted by molar-refractivity contribution is 0.0626. The number of hydrogen-bond donors (Lipinski definition) is 1. The van der Waals surface area contributed by atoms with Gasteiger partial charge in [0, 0.05) is 13.2 Å². The molecule has 0 spiro atoms. The molecule has 94 valence electrons. The predicted octanol–water partition coefficient (Wildman–Crippen LogP) is 2.77. The van der Waals surface area contributed by atoms with E-state index in [-0.39, 0.29) is 17.2 Å². The standard InChI is InChI=1S/C13H17ClFNO/c1-17-13(8-5-6-8)11(16)7-9-3-2-4-10(15)12(9)14/h2-4,8,11,13H,5-7,16H2,1H3. The van der Waals surface area contributed by atoms with Crippen molar-refractivity contribution in [3.8, 4) is 0 Å². The van der Waals surface area contributed by atoms with Gasteiger partial charge in [-0.3, -0.25) is 0 Å². The first-order valence-electron chi connectivity index (χ1n) is 5.84. The topological polar surface area (TPSA) is 35.2 Å². The fourth-order valence-corrected chi connectivity index (χ4v) is 2.42. The normalized spacial score (nSPS) is 19.1. The number of rotatable bonds is 5. The van der Waals surface area contributed by atoms with Crippen molar-refractivity contribution in [2.24, 2.45) is 11.7 Å². The molecule has 0 saturated heterocycles. The molecule has 1 aliphatic carbocycles. The molecule has 2 nitrogen and oxygen atoms in total. The van der Waals surface area contributed by atoms with Crippen LogP contribution < -0.4 is 5.73 Å². The highest BCUT2D eigenvalue weighted by molar-refractivity contribution is 6.31. The Balaban J connectivity index is 2.06. The number of nitrogens with two attached hydrogens (primary N) is 1. The van der Waals surface area contributed by atoms with E-state index in [1.165, 1.54) is 18.9 Å². The molecule has 0 amide bonds. The molecule has 0 radical (unpaired) electrons. The Morgan fingerprint density at radius 1 is 1.53 bits per heavy atom. The van der Waals surface area contributed by atoms with Crippen molar-refractivity contribution in [1.82, 2.24) is 0 Å². The maximum Gasteiger partial charge on any atom is 0.142 e. The first-order chi connectivity index (χ1) is 8.13. The molecule has 1 aromatic rings. The van der Waals surface area contributed by atoms with Crippen LogP contribution in [0.2, 0.25) is 5.02 Å². The Labute approximate surface area is 106 Å². The summed E-state index contributed by atoms with van der Waals surface area (Å²) in [4.78, 5) is 0. The second kappa shape index (κ2) is 5.34. The van der Waals surface area contributed by atoms with Crippen LogP contribution >= 0.6 is 11.6 Å². The molecule has 1 aromatic carbocycles. The fraction of sp³-hybridized carbons (Fsp3) is 0.538. The van der Waals surface area contributed by atoms with E-state index in [9.17, 15) is 4.39 Å². The van der Waals surface area contributed by atoms with Gasteiger partial charge in [0.2, 0.25) is 0 Å². The molecule has 0 aromatic heterocycles. The molecular weight excluding hydrogens is 241 g/mol. The zero-order chi connectivity index (χ0) is 12.4. The summed E-state index contributed by atoms with van der Waals surface area (Å²) in [6.07, 6.45) is 2.94. The summed E-state index contributed by atoms with van der Waals surface area (Å²) in [5.41, 5.74) is 6.87. The van der Waals surface area contributed by atoms with E-state index in [1.54, 1.807) is 13.2 Å². The molecule has 2 N–H and O–H groups in total. The summed E-state index contributed by atoms with van der Waals surface area (Å²) in [6, 6.07) is 4.69. The highest BCUT2D eigenvalue weighted by atomic mass is 35.5. The molecule has 0 aliphatic heterocycles. The van der Waals surface area contributed by atoms with Gasteiger partial charge in [-0.1, -0.05) is 23.7 Å². The van der Waals surface area contributed by atoms with E-state index in [0.717, 1.165) is 5.56 Å². The minimum atomic E-state index is -0.392. The van der Waals surface area contributed by atoms with Crippen LogP contribution in [-0.2, 0) is 11.2 Å². The lowest BCUT2D eigenvalue weighted by atomic mass is 9.99. The van der Waals surface area contributed by atoms with Crippen LogP contribution in [-0.4, -0.2) is 19.3 Å². The molecule has 2 atom stereocenters. The zero-order valence-corrected chi connectivity index (χ0v) is 10.6. The van der Waals surface area contributed by atoms with Gasteiger partial charge in [-0.25, -0.2) is 4.39 Å². The van der Waals surface area contributed by atoms with Crippen LogP contribution in [0.25, 0.3) is 0 Å². The number of methoxy groups -OCH3 is 1. The molecule has 0 bridgehead atoms. The number of hydrogen-bond acceptors (Lipinski definition) is 2. The quantitative estimate of drug-likeness (QED) is 0.880. The van der Waals surface area contributed by atoms with Crippen LogP contribution in [0.15, 0.2) is 18.2 Å². The molecule has 0 heterocycles. The summed E-state index contributed by atoms with van der Waals surface area (Å²) in [5.74, 6) is 0.166. The van der Waals surface area contributed by atoms with Gasteiger partial charge in [-0.15, -0.1) is 0 Å². The molecule has 2 rings (SSSR count).